The van der Waals surface area contributed by atoms with Crippen molar-refractivity contribution in [3.63, 3.8) is 0 Å². The zero-order chi connectivity index (χ0) is 20.4. The molecule has 4 rings (SSSR count). The Hall–Kier alpha value is -3.53. The number of aryl methyl sites for hydroxylation is 1. The number of benzene rings is 1. The summed E-state index contributed by atoms with van der Waals surface area (Å²) in [5, 5.41) is 9.18. The molecule has 0 amide bonds. The third kappa shape index (κ3) is 3.61. The molecule has 146 valence electrons. The first kappa shape index (κ1) is 18.8. The lowest BCUT2D eigenvalue weighted by molar-refractivity contribution is 0.622. The molecule has 1 aliphatic rings. The SMILES string of the molecule is CCCn1c(Cn2ccnc2C2=C(C)C=CCC(F)=N2)nc2cc(C#N)ccc21. The number of hydrogen-bond acceptors (Lipinski definition) is 4. The van der Waals surface area contributed by atoms with Crippen LogP contribution in [-0.2, 0) is 13.1 Å². The Morgan fingerprint density at radius 2 is 2.17 bits per heavy atom. The van der Waals surface area contributed by atoms with Crippen LogP contribution >= 0.6 is 0 Å². The van der Waals surface area contributed by atoms with Crippen LogP contribution in [-0.4, -0.2) is 25.1 Å². The number of rotatable bonds is 5. The molecule has 0 N–H and O–H groups in total. The standard InChI is InChI=1S/C22H21FN6/c1-3-10-29-18-8-7-16(13-24)12-17(18)26-20(29)14-28-11-9-25-22(28)21-15(2)5-4-6-19(23)27-21/h4-5,7-9,11-12H,3,6,10,14H2,1-2H3. The highest BCUT2D eigenvalue weighted by atomic mass is 19.1. The average Bonchev–Trinajstić information content (AvgIpc) is 3.26. The fourth-order valence-corrected chi connectivity index (χ4v) is 3.54. The molecule has 0 saturated carbocycles. The van der Waals surface area contributed by atoms with Crippen LogP contribution in [0.25, 0.3) is 16.7 Å². The highest BCUT2D eigenvalue weighted by Gasteiger charge is 2.17. The number of hydrogen-bond donors (Lipinski definition) is 0. The highest BCUT2D eigenvalue weighted by Crippen LogP contribution is 2.25. The summed E-state index contributed by atoms with van der Waals surface area (Å²) in [6.45, 7) is 5.32. The van der Waals surface area contributed by atoms with Crippen molar-refractivity contribution in [1.82, 2.24) is 19.1 Å². The maximum Gasteiger partial charge on any atom is 0.193 e. The number of halogens is 1. The molecule has 0 bridgehead atoms. The Morgan fingerprint density at radius 3 is 2.97 bits per heavy atom. The second-order valence-corrected chi connectivity index (χ2v) is 7.00. The number of fused-ring (bicyclic) bond motifs is 1. The van der Waals surface area contributed by atoms with Gasteiger partial charge in [0, 0.05) is 25.4 Å². The van der Waals surface area contributed by atoms with E-state index in [4.69, 9.17) is 4.98 Å². The van der Waals surface area contributed by atoms with Gasteiger partial charge in [-0.05, 0) is 37.1 Å². The second-order valence-electron chi connectivity index (χ2n) is 7.00. The fourth-order valence-electron chi connectivity index (χ4n) is 3.54. The van der Waals surface area contributed by atoms with Crippen LogP contribution in [0.15, 0.2) is 53.3 Å². The van der Waals surface area contributed by atoms with Crippen molar-refractivity contribution in [2.24, 2.45) is 4.99 Å². The van der Waals surface area contributed by atoms with E-state index in [2.05, 4.69) is 27.5 Å². The maximum absolute atomic E-state index is 14.0. The van der Waals surface area contributed by atoms with E-state index in [9.17, 15) is 9.65 Å². The fraction of sp³-hybridized carbons (Fsp3) is 0.273. The molecule has 6 nitrogen and oxygen atoms in total. The summed E-state index contributed by atoms with van der Waals surface area (Å²) in [5.41, 5.74) is 3.78. The van der Waals surface area contributed by atoms with Crippen molar-refractivity contribution in [1.29, 1.82) is 5.26 Å². The summed E-state index contributed by atoms with van der Waals surface area (Å²) in [7, 11) is 0. The van der Waals surface area contributed by atoms with Crippen LogP contribution in [0.4, 0.5) is 4.39 Å². The number of aromatic nitrogens is 4. The molecule has 0 unspecified atom stereocenters. The summed E-state index contributed by atoms with van der Waals surface area (Å²) in [6, 6.07) is 7.73. The lowest BCUT2D eigenvalue weighted by atomic mass is 10.2. The first-order valence-electron chi connectivity index (χ1n) is 9.62. The van der Waals surface area contributed by atoms with Crippen molar-refractivity contribution < 1.29 is 4.39 Å². The third-order valence-electron chi connectivity index (χ3n) is 4.90. The molecule has 2 aromatic heterocycles. The number of imidazole rings is 2. The molecule has 0 fully saturated rings. The number of nitriles is 1. The van der Waals surface area contributed by atoms with Crippen LogP contribution < -0.4 is 0 Å². The maximum atomic E-state index is 14.0. The quantitative estimate of drug-likeness (QED) is 0.640. The summed E-state index contributed by atoms with van der Waals surface area (Å²) < 4.78 is 18.1. The number of nitrogens with zero attached hydrogens (tertiary/aromatic N) is 6. The third-order valence-corrected chi connectivity index (χ3v) is 4.90. The lowest BCUT2D eigenvalue weighted by Gasteiger charge is -2.11. The van der Waals surface area contributed by atoms with Gasteiger partial charge >= 0.3 is 0 Å². The van der Waals surface area contributed by atoms with Gasteiger partial charge in [0.05, 0.1) is 29.2 Å². The summed E-state index contributed by atoms with van der Waals surface area (Å²) >= 11 is 0. The summed E-state index contributed by atoms with van der Waals surface area (Å²) in [4.78, 5) is 13.4. The summed E-state index contributed by atoms with van der Waals surface area (Å²) in [5.74, 6) is 1.05. The molecule has 1 aliphatic heterocycles. The average molecular weight is 388 g/mol. The Labute approximate surface area is 168 Å². The molecule has 1 aromatic carbocycles. The number of aliphatic imine (C=N–C) groups is 1. The van der Waals surface area contributed by atoms with Crippen molar-refractivity contribution in [2.45, 2.75) is 39.8 Å². The van der Waals surface area contributed by atoms with Crippen LogP contribution in [0.1, 0.15) is 43.9 Å². The van der Waals surface area contributed by atoms with E-state index in [1.165, 1.54) is 0 Å². The normalized spacial score (nSPS) is 14.2. The van der Waals surface area contributed by atoms with Gasteiger partial charge in [-0.1, -0.05) is 19.1 Å². The van der Waals surface area contributed by atoms with Gasteiger partial charge in [0.15, 0.2) is 11.8 Å². The van der Waals surface area contributed by atoms with Gasteiger partial charge in [0.1, 0.15) is 11.5 Å². The largest absolute Gasteiger partial charge is 0.326 e. The smallest absolute Gasteiger partial charge is 0.193 e. The molecule has 0 radical (unpaired) electrons. The molecular formula is C22H21FN6. The van der Waals surface area contributed by atoms with Crippen LogP contribution in [0, 0.1) is 11.3 Å². The van der Waals surface area contributed by atoms with Gasteiger partial charge in [0.2, 0.25) is 0 Å². The van der Waals surface area contributed by atoms with E-state index in [-0.39, 0.29) is 6.42 Å². The van der Waals surface area contributed by atoms with E-state index in [1.54, 1.807) is 12.3 Å². The van der Waals surface area contributed by atoms with E-state index in [0.29, 0.717) is 23.6 Å². The summed E-state index contributed by atoms with van der Waals surface area (Å²) in [6.07, 6.45) is 8.34. The van der Waals surface area contributed by atoms with Gasteiger partial charge in [0.25, 0.3) is 0 Å². The molecular weight excluding hydrogens is 367 g/mol. The second kappa shape index (κ2) is 7.84. The topological polar surface area (TPSA) is 71.8 Å². The predicted octanol–water partition coefficient (Wildman–Crippen LogP) is 4.62. The minimum Gasteiger partial charge on any atom is -0.326 e. The van der Waals surface area contributed by atoms with Crippen LogP contribution in [0.3, 0.4) is 0 Å². The first-order valence-corrected chi connectivity index (χ1v) is 9.62. The minimum absolute atomic E-state index is 0.190. The van der Waals surface area contributed by atoms with E-state index >= 15 is 0 Å². The van der Waals surface area contributed by atoms with Crippen molar-refractivity contribution in [2.75, 3.05) is 0 Å². The number of allylic oxidation sites excluding steroid dienone is 3. The lowest BCUT2D eigenvalue weighted by Crippen LogP contribution is -2.11. The van der Waals surface area contributed by atoms with Gasteiger partial charge in [-0.15, -0.1) is 0 Å². The molecule has 7 heteroatoms. The van der Waals surface area contributed by atoms with Gasteiger partial charge in [-0.2, -0.15) is 9.65 Å². The molecule has 0 spiro atoms. The van der Waals surface area contributed by atoms with Crippen LogP contribution in [0.5, 0.6) is 0 Å². The molecule has 3 aromatic rings. The Kier molecular flexibility index (Phi) is 5.09. The zero-order valence-corrected chi connectivity index (χ0v) is 16.4. The molecule has 0 aliphatic carbocycles. The van der Waals surface area contributed by atoms with E-state index in [1.807, 2.05) is 42.0 Å². The van der Waals surface area contributed by atoms with Crippen LogP contribution in [0.2, 0.25) is 0 Å². The highest BCUT2D eigenvalue weighted by molar-refractivity contribution is 5.85. The zero-order valence-electron chi connectivity index (χ0n) is 16.4. The van der Waals surface area contributed by atoms with Gasteiger partial charge in [-0.25, -0.2) is 15.0 Å². The van der Waals surface area contributed by atoms with Crippen molar-refractivity contribution >= 4 is 22.7 Å². The molecule has 29 heavy (non-hydrogen) atoms. The van der Waals surface area contributed by atoms with Crippen molar-refractivity contribution in [3.8, 4) is 6.07 Å². The Morgan fingerprint density at radius 1 is 1.31 bits per heavy atom. The Balaban J connectivity index is 1.78. The van der Waals surface area contributed by atoms with Crippen molar-refractivity contribution in [3.05, 3.63) is 65.5 Å². The molecule has 3 heterocycles. The molecule has 0 saturated heterocycles. The van der Waals surface area contributed by atoms with E-state index in [0.717, 1.165) is 35.4 Å². The van der Waals surface area contributed by atoms with Gasteiger partial charge < -0.3 is 9.13 Å². The minimum atomic E-state index is -0.426. The monoisotopic (exact) mass is 388 g/mol. The van der Waals surface area contributed by atoms with Gasteiger partial charge in [-0.3, -0.25) is 0 Å². The first-order chi connectivity index (χ1) is 14.1. The Bertz CT molecular complexity index is 1200. The predicted molar refractivity (Wildman–Crippen MR) is 111 cm³/mol. The molecule has 0 atom stereocenters. The van der Waals surface area contributed by atoms with E-state index < -0.39 is 5.97 Å².